The highest BCUT2D eigenvalue weighted by Gasteiger charge is 2.08. The molecule has 136 valence electrons. The van der Waals surface area contributed by atoms with Crippen molar-refractivity contribution in [1.82, 2.24) is 20.3 Å². The van der Waals surface area contributed by atoms with E-state index in [2.05, 4.69) is 21.0 Å². The molecule has 0 radical (unpaired) electrons. The normalized spacial score (nSPS) is 10.6. The van der Waals surface area contributed by atoms with Crippen LogP contribution in [0, 0.1) is 0 Å². The van der Waals surface area contributed by atoms with Crippen molar-refractivity contribution in [2.75, 3.05) is 18.3 Å². The third-order valence-electron chi connectivity index (χ3n) is 3.53. The molecule has 1 heterocycles. The average Bonchev–Trinajstić information content (AvgIpc) is 3.06. The van der Waals surface area contributed by atoms with Crippen LogP contribution in [-0.2, 0) is 13.2 Å². The third kappa shape index (κ3) is 4.27. The number of nitrogens with zero attached hydrogens (tertiary/aromatic N) is 4. The second-order valence-electron chi connectivity index (χ2n) is 5.31. The molecule has 0 aliphatic rings. The van der Waals surface area contributed by atoms with Crippen molar-refractivity contribution in [1.29, 1.82) is 0 Å². The molecule has 0 bridgehead atoms. The van der Waals surface area contributed by atoms with Gasteiger partial charge in [0, 0.05) is 0 Å². The third-order valence-corrected chi connectivity index (χ3v) is 4.27. The predicted molar refractivity (Wildman–Crippen MR) is 99.1 cm³/mol. The van der Waals surface area contributed by atoms with Crippen LogP contribution in [0.1, 0.15) is 11.1 Å². The van der Waals surface area contributed by atoms with Gasteiger partial charge in [-0.05, 0) is 45.8 Å². The van der Waals surface area contributed by atoms with Crippen molar-refractivity contribution in [3.63, 3.8) is 0 Å². The largest absolute Gasteiger partial charge is 0.493 e. The van der Waals surface area contributed by atoms with Crippen molar-refractivity contribution in [3.05, 3.63) is 57.6 Å². The number of benzene rings is 2. The van der Waals surface area contributed by atoms with Crippen molar-refractivity contribution in [3.8, 4) is 11.5 Å². The summed E-state index contributed by atoms with van der Waals surface area (Å²) in [5, 5.41) is 11.8. The van der Waals surface area contributed by atoms with Crippen LogP contribution < -0.4 is 20.6 Å². The Morgan fingerprint density at radius 1 is 1.08 bits per heavy atom. The fourth-order valence-electron chi connectivity index (χ4n) is 2.20. The van der Waals surface area contributed by atoms with Gasteiger partial charge in [0.2, 0.25) is 0 Å². The number of anilines is 1. The molecule has 26 heavy (non-hydrogen) atoms. The first-order valence-corrected chi connectivity index (χ1v) is 8.34. The van der Waals surface area contributed by atoms with E-state index in [-0.39, 0.29) is 5.95 Å². The molecule has 0 unspecified atom stereocenters. The molecule has 0 aliphatic carbocycles. The van der Waals surface area contributed by atoms with E-state index < -0.39 is 0 Å². The molecule has 3 N–H and O–H groups in total. The minimum atomic E-state index is 0.179. The van der Waals surface area contributed by atoms with Gasteiger partial charge in [-0.2, -0.15) is 0 Å². The molecule has 0 saturated carbocycles. The molecule has 0 spiro atoms. The summed E-state index contributed by atoms with van der Waals surface area (Å²) in [7, 11) is 1.58. The molecule has 0 aliphatic heterocycles. The Hall–Kier alpha value is -2.71. The summed E-state index contributed by atoms with van der Waals surface area (Å²) in [6, 6.07) is 11.0. The number of tetrazole rings is 1. The number of hydrogen-bond acceptors (Lipinski definition) is 7. The number of aromatic nitrogens is 4. The molecule has 3 aromatic rings. The monoisotopic (exact) mass is 394 g/mol. The van der Waals surface area contributed by atoms with Gasteiger partial charge < -0.3 is 20.6 Å². The van der Waals surface area contributed by atoms with Gasteiger partial charge in [-0.1, -0.05) is 40.4 Å². The Labute approximate surface area is 159 Å². The second-order valence-corrected chi connectivity index (χ2v) is 6.12. The molecule has 0 atom stereocenters. The van der Waals surface area contributed by atoms with Gasteiger partial charge in [-0.25, -0.2) is 0 Å². The molecule has 2 aromatic carbocycles. The van der Waals surface area contributed by atoms with E-state index in [0.29, 0.717) is 34.7 Å². The van der Waals surface area contributed by atoms with E-state index >= 15 is 0 Å². The fraction of sp³-hybridized carbons (Fsp3) is 0.188. The highest BCUT2D eigenvalue weighted by molar-refractivity contribution is 6.42. The highest BCUT2D eigenvalue weighted by Crippen LogP contribution is 2.30. The average molecular weight is 395 g/mol. The highest BCUT2D eigenvalue weighted by atomic mass is 35.5. The van der Waals surface area contributed by atoms with E-state index in [1.165, 1.54) is 4.79 Å². The van der Waals surface area contributed by atoms with E-state index in [4.69, 9.17) is 38.4 Å². The smallest absolute Gasteiger partial charge is 0.260 e. The first-order chi connectivity index (χ1) is 12.6. The molecule has 10 heteroatoms. The number of halogens is 2. The molecule has 3 rings (SSSR count). The lowest BCUT2D eigenvalue weighted by Gasteiger charge is -2.13. The van der Waals surface area contributed by atoms with Gasteiger partial charge in [0.1, 0.15) is 6.61 Å². The topological polar surface area (TPSA) is 100 Å². The molecule has 1 aromatic heterocycles. The SMILES string of the molecule is COc1cc(CNn2nnnc2N)ccc1OCc1ccc(Cl)c(Cl)c1. The Bertz CT molecular complexity index is 902. The molecule has 0 saturated heterocycles. The molecular formula is C16H16Cl2N6O2. The molecular weight excluding hydrogens is 379 g/mol. The fourth-order valence-corrected chi connectivity index (χ4v) is 2.53. The number of methoxy groups -OCH3 is 1. The summed E-state index contributed by atoms with van der Waals surface area (Å²) in [5.41, 5.74) is 10.4. The van der Waals surface area contributed by atoms with Crippen LogP contribution in [0.3, 0.4) is 0 Å². The number of nitrogens with two attached hydrogens (primary N) is 1. The van der Waals surface area contributed by atoms with E-state index in [0.717, 1.165) is 11.1 Å². The van der Waals surface area contributed by atoms with Crippen LogP contribution in [0.15, 0.2) is 36.4 Å². The lowest BCUT2D eigenvalue weighted by molar-refractivity contribution is 0.284. The number of nitrogens with one attached hydrogen (secondary N) is 1. The standard InChI is InChI=1S/C16H16Cl2N6O2/c1-25-15-7-10(8-20-24-16(19)21-22-23-24)3-5-14(15)26-9-11-2-4-12(17)13(18)6-11/h2-7,20H,8-9H2,1H3,(H2,19,21,23). The van der Waals surface area contributed by atoms with Gasteiger partial charge in [-0.3, -0.25) is 0 Å². The van der Waals surface area contributed by atoms with Gasteiger partial charge >= 0.3 is 0 Å². The quantitative estimate of drug-likeness (QED) is 0.635. The maximum atomic E-state index is 6.02. The van der Waals surface area contributed by atoms with Gasteiger partial charge in [0.15, 0.2) is 11.5 Å². The maximum Gasteiger partial charge on any atom is 0.260 e. The van der Waals surface area contributed by atoms with Crippen molar-refractivity contribution >= 4 is 29.2 Å². The van der Waals surface area contributed by atoms with Gasteiger partial charge in [0.05, 0.1) is 23.7 Å². The lowest BCUT2D eigenvalue weighted by atomic mass is 10.2. The van der Waals surface area contributed by atoms with E-state index in [1.54, 1.807) is 19.2 Å². The van der Waals surface area contributed by atoms with E-state index in [9.17, 15) is 0 Å². The number of hydrogen-bond donors (Lipinski definition) is 2. The van der Waals surface area contributed by atoms with E-state index in [1.807, 2.05) is 24.3 Å². The van der Waals surface area contributed by atoms with Gasteiger partial charge in [-0.15, -0.1) is 4.79 Å². The number of rotatable bonds is 7. The molecule has 0 fully saturated rings. The van der Waals surface area contributed by atoms with Crippen LogP contribution >= 0.6 is 23.2 Å². The van der Waals surface area contributed by atoms with Crippen LogP contribution in [-0.4, -0.2) is 27.4 Å². The Balaban J connectivity index is 1.66. The zero-order chi connectivity index (χ0) is 18.5. The van der Waals surface area contributed by atoms with Crippen LogP contribution in [0.5, 0.6) is 11.5 Å². The van der Waals surface area contributed by atoms with Crippen molar-refractivity contribution < 1.29 is 9.47 Å². The molecule has 8 nitrogen and oxygen atoms in total. The summed E-state index contributed by atoms with van der Waals surface area (Å²) in [4.78, 5) is 1.29. The second kappa shape index (κ2) is 8.11. The number of ether oxygens (including phenoxy) is 2. The lowest BCUT2D eigenvalue weighted by Crippen LogP contribution is -2.18. The first kappa shape index (κ1) is 18.1. The molecule has 0 amide bonds. The summed E-state index contributed by atoms with van der Waals surface area (Å²) < 4.78 is 11.2. The first-order valence-electron chi connectivity index (χ1n) is 7.58. The predicted octanol–water partition coefficient (Wildman–Crippen LogP) is 2.89. The summed E-state index contributed by atoms with van der Waals surface area (Å²) in [6.07, 6.45) is 0. The maximum absolute atomic E-state index is 6.02. The number of nitrogen functional groups attached to an aromatic ring is 1. The Morgan fingerprint density at radius 3 is 2.58 bits per heavy atom. The zero-order valence-corrected chi connectivity index (χ0v) is 15.3. The zero-order valence-electron chi connectivity index (χ0n) is 13.8. The van der Waals surface area contributed by atoms with Crippen LogP contribution in [0.2, 0.25) is 10.0 Å². The summed E-state index contributed by atoms with van der Waals surface area (Å²) in [6.45, 7) is 0.796. The summed E-state index contributed by atoms with van der Waals surface area (Å²) in [5.74, 6) is 1.40. The van der Waals surface area contributed by atoms with Crippen molar-refractivity contribution in [2.24, 2.45) is 0 Å². The van der Waals surface area contributed by atoms with Crippen LogP contribution in [0.4, 0.5) is 5.95 Å². The Kier molecular flexibility index (Phi) is 5.65. The van der Waals surface area contributed by atoms with Crippen LogP contribution in [0.25, 0.3) is 0 Å². The van der Waals surface area contributed by atoms with Gasteiger partial charge in [0.25, 0.3) is 5.95 Å². The summed E-state index contributed by atoms with van der Waals surface area (Å²) >= 11 is 11.9. The minimum absolute atomic E-state index is 0.179. The Morgan fingerprint density at radius 2 is 1.88 bits per heavy atom. The minimum Gasteiger partial charge on any atom is -0.493 e. The van der Waals surface area contributed by atoms with Crippen molar-refractivity contribution in [2.45, 2.75) is 13.2 Å².